The van der Waals surface area contributed by atoms with Crippen LogP contribution in [-0.2, 0) is 0 Å². The molecule has 0 aromatic rings. The van der Waals surface area contributed by atoms with Gasteiger partial charge >= 0.3 is 59.1 Å². The summed E-state index contributed by atoms with van der Waals surface area (Å²) in [6, 6.07) is 0. The zero-order valence-corrected chi connectivity index (χ0v) is 3.31. The van der Waals surface area contributed by atoms with Gasteiger partial charge in [0.2, 0.25) is 0 Å². The molecule has 0 aliphatic rings. The summed E-state index contributed by atoms with van der Waals surface area (Å²) in [5.74, 6) is 4.51. The number of aliphatic hydroxyl groups excluding tert-OH is 2. The average Bonchev–Trinajstić information content (AvgIpc) is 1.61. The van der Waals surface area contributed by atoms with E-state index in [9.17, 15) is 0 Å². The van der Waals surface area contributed by atoms with Crippen molar-refractivity contribution >= 4 is 59.1 Å². The number of hydrogen-bond donors (Lipinski definition) is 2. The van der Waals surface area contributed by atoms with Crippen LogP contribution in [0.15, 0.2) is 0 Å². The number of aliphatic hydroxyl groups is 2. The molecule has 0 bridgehead atoms. The fourth-order valence-corrected chi connectivity index (χ4v) is 0.112. The maximum absolute atomic E-state index is 7.91. The molecular weight excluding hydrogens is 126 g/mol. The van der Waals surface area contributed by atoms with Gasteiger partial charge in [0, 0.05) is 0 Å². The summed E-state index contributed by atoms with van der Waals surface area (Å²) >= 11 is 0. The SMILES string of the molecule is OCC#CCO.[NaH].[NaH]. The second kappa shape index (κ2) is 15.8. The Bertz CT molecular complexity index is 65.8. The minimum absolute atomic E-state index is 0. The zero-order chi connectivity index (χ0) is 4.83. The molecule has 0 aliphatic carbocycles. The minimum atomic E-state index is -0.166. The number of rotatable bonds is 0. The summed E-state index contributed by atoms with van der Waals surface area (Å²) in [6.07, 6.45) is 0. The van der Waals surface area contributed by atoms with Crippen molar-refractivity contribution in [2.45, 2.75) is 0 Å². The summed E-state index contributed by atoms with van der Waals surface area (Å²) < 4.78 is 0. The molecule has 0 spiro atoms. The van der Waals surface area contributed by atoms with Crippen LogP contribution < -0.4 is 0 Å². The molecule has 0 fully saturated rings. The Balaban J connectivity index is -0.000000125. The molecule has 0 radical (unpaired) electrons. The Hall–Kier alpha value is 1.48. The molecule has 4 heteroatoms. The normalized spacial score (nSPS) is 4.75. The molecule has 8 heavy (non-hydrogen) atoms. The fraction of sp³-hybridized carbons (Fsp3) is 0.500. The third kappa shape index (κ3) is 15.6. The Labute approximate surface area is 93.2 Å². The van der Waals surface area contributed by atoms with Gasteiger partial charge in [-0.3, -0.25) is 0 Å². The van der Waals surface area contributed by atoms with E-state index in [1.54, 1.807) is 0 Å². The van der Waals surface area contributed by atoms with Gasteiger partial charge < -0.3 is 10.2 Å². The van der Waals surface area contributed by atoms with Gasteiger partial charge in [0.15, 0.2) is 0 Å². The molecule has 0 aromatic heterocycles. The van der Waals surface area contributed by atoms with Gasteiger partial charge in [-0.15, -0.1) is 0 Å². The van der Waals surface area contributed by atoms with E-state index in [-0.39, 0.29) is 72.3 Å². The number of hydrogen-bond acceptors (Lipinski definition) is 2. The summed E-state index contributed by atoms with van der Waals surface area (Å²) in [4.78, 5) is 0. The van der Waals surface area contributed by atoms with E-state index in [2.05, 4.69) is 11.8 Å². The van der Waals surface area contributed by atoms with Gasteiger partial charge in [0.1, 0.15) is 13.2 Å². The first kappa shape index (κ1) is 16.2. The van der Waals surface area contributed by atoms with Gasteiger partial charge in [-0.25, -0.2) is 0 Å². The van der Waals surface area contributed by atoms with Crippen LogP contribution in [0.4, 0.5) is 0 Å². The summed E-state index contributed by atoms with van der Waals surface area (Å²) in [5, 5.41) is 15.8. The first-order chi connectivity index (χ1) is 2.91. The predicted octanol–water partition coefficient (Wildman–Crippen LogP) is -2.32. The summed E-state index contributed by atoms with van der Waals surface area (Å²) in [7, 11) is 0. The topological polar surface area (TPSA) is 40.5 Å². The van der Waals surface area contributed by atoms with Gasteiger partial charge in [-0.2, -0.15) is 0 Å². The Kier molecular flexibility index (Phi) is 32.1. The fourth-order valence-electron chi connectivity index (χ4n) is 0.112. The molecule has 0 heterocycles. The Morgan fingerprint density at radius 3 is 1.25 bits per heavy atom. The van der Waals surface area contributed by atoms with E-state index in [0.29, 0.717) is 0 Å². The van der Waals surface area contributed by atoms with Crippen molar-refractivity contribution in [1.82, 2.24) is 0 Å². The molecule has 0 saturated heterocycles. The maximum atomic E-state index is 7.91. The molecule has 0 atom stereocenters. The third-order valence-electron chi connectivity index (χ3n) is 0.283. The molecule has 38 valence electrons. The third-order valence-corrected chi connectivity index (χ3v) is 0.283. The Morgan fingerprint density at radius 2 is 1.12 bits per heavy atom. The van der Waals surface area contributed by atoms with Crippen LogP contribution >= 0.6 is 0 Å². The molecule has 0 saturated carbocycles. The van der Waals surface area contributed by atoms with Crippen LogP contribution in [0.1, 0.15) is 0 Å². The van der Waals surface area contributed by atoms with Crippen molar-refractivity contribution < 1.29 is 10.2 Å². The van der Waals surface area contributed by atoms with E-state index in [0.717, 1.165) is 0 Å². The standard InChI is InChI=1S/C4H6O2.2Na.2H/c5-3-1-2-4-6;;;;/h5-6H,3-4H2;;;;. The molecule has 0 rings (SSSR count). The van der Waals surface area contributed by atoms with E-state index in [1.165, 1.54) is 0 Å². The van der Waals surface area contributed by atoms with Crippen molar-refractivity contribution in [1.29, 1.82) is 0 Å². The van der Waals surface area contributed by atoms with Crippen molar-refractivity contribution in [2.24, 2.45) is 0 Å². The summed E-state index contributed by atoms with van der Waals surface area (Å²) in [6.45, 7) is -0.332. The van der Waals surface area contributed by atoms with Gasteiger partial charge in [-0.05, 0) is 0 Å². The van der Waals surface area contributed by atoms with Crippen LogP contribution in [-0.4, -0.2) is 82.5 Å². The molecule has 0 aromatic carbocycles. The van der Waals surface area contributed by atoms with Crippen molar-refractivity contribution in [3.05, 3.63) is 0 Å². The average molecular weight is 134 g/mol. The molecule has 0 aliphatic heterocycles. The monoisotopic (exact) mass is 134 g/mol. The van der Waals surface area contributed by atoms with Crippen LogP contribution in [0.25, 0.3) is 0 Å². The van der Waals surface area contributed by atoms with Crippen molar-refractivity contribution in [3.63, 3.8) is 0 Å². The second-order valence-electron chi connectivity index (χ2n) is 0.670. The van der Waals surface area contributed by atoms with Crippen LogP contribution in [0.3, 0.4) is 0 Å². The van der Waals surface area contributed by atoms with E-state index in [4.69, 9.17) is 10.2 Å². The van der Waals surface area contributed by atoms with Crippen LogP contribution in [0, 0.1) is 11.8 Å². The van der Waals surface area contributed by atoms with Gasteiger partial charge in [0.05, 0.1) is 0 Å². The quantitative estimate of drug-likeness (QED) is 0.288. The molecule has 2 nitrogen and oxygen atoms in total. The van der Waals surface area contributed by atoms with Gasteiger partial charge in [0.25, 0.3) is 0 Å². The van der Waals surface area contributed by atoms with E-state index in [1.807, 2.05) is 0 Å². The van der Waals surface area contributed by atoms with E-state index < -0.39 is 0 Å². The molecule has 0 amide bonds. The summed E-state index contributed by atoms with van der Waals surface area (Å²) in [5.41, 5.74) is 0. The molecule has 2 N–H and O–H groups in total. The first-order valence-electron chi connectivity index (χ1n) is 1.59. The molecular formula is C4H8Na2O2. The Morgan fingerprint density at radius 1 is 0.875 bits per heavy atom. The molecule has 0 unspecified atom stereocenters. The van der Waals surface area contributed by atoms with Crippen molar-refractivity contribution in [3.8, 4) is 11.8 Å². The van der Waals surface area contributed by atoms with E-state index >= 15 is 0 Å². The zero-order valence-electron chi connectivity index (χ0n) is 3.31. The second-order valence-corrected chi connectivity index (χ2v) is 0.670. The first-order valence-corrected chi connectivity index (χ1v) is 1.59. The van der Waals surface area contributed by atoms with Gasteiger partial charge in [-0.1, -0.05) is 11.8 Å². The van der Waals surface area contributed by atoms with Crippen LogP contribution in [0.5, 0.6) is 0 Å². The van der Waals surface area contributed by atoms with Crippen LogP contribution in [0.2, 0.25) is 0 Å². The predicted molar refractivity (Wildman–Crippen MR) is 36.2 cm³/mol. The van der Waals surface area contributed by atoms with Crippen molar-refractivity contribution in [2.75, 3.05) is 13.2 Å².